The number of piperidine rings is 1. The Hall–Kier alpha value is -3.37. The maximum atomic E-state index is 13.1. The number of fused-ring (bicyclic) bond motifs is 1. The lowest BCUT2D eigenvalue weighted by molar-refractivity contribution is 0.0100. The molecule has 2 heterocycles. The van der Waals surface area contributed by atoms with E-state index < -0.39 is 5.60 Å². The van der Waals surface area contributed by atoms with Gasteiger partial charge in [-0.15, -0.1) is 0 Å². The van der Waals surface area contributed by atoms with Gasteiger partial charge in [0.25, 0.3) is 0 Å². The number of nitrogens with one attached hydrogen (secondary N) is 1. The second-order valence-electron chi connectivity index (χ2n) is 8.62. The van der Waals surface area contributed by atoms with Gasteiger partial charge in [0.1, 0.15) is 23.2 Å². The number of rotatable bonds is 5. The molecule has 1 aliphatic heterocycles. The monoisotopic (exact) mass is 425 g/mol. The topological polar surface area (TPSA) is 51.5 Å². The molecule has 2 unspecified atom stereocenters. The highest BCUT2D eigenvalue weighted by Crippen LogP contribution is 2.38. The number of hydrogen-bond acceptors (Lipinski definition) is 4. The van der Waals surface area contributed by atoms with E-state index in [1.54, 1.807) is 6.26 Å². The highest BCUT2D eigenvalue weighted by molar-refractivity contribution is 5.82. The molecule has 4 heteroatoms. The minimum atomic E-state index is -0.493. The molecular weight excluding hydrogens is 398 g/mol. The smallest absolute Gasteiger partial charge is 0.200 e. The SMILES string of the molecule is CC(Oc1ccc2c(=O)c(-c3ccccc3)coc2c1)(c1ccccc1)C1CCCNC1. The van der Waals surface area contributed by atoms with Crippen molar-refractivity contribution in [2.45, 2.75) is 25.4 Å². The van der Waals surface area contributed by atoms with Gasteiger partial charge in [-0.1, -0.05) is 60.7 Å². The highest BCUT2D eigenvalue weighted by atomic mass is 16.5. The van der Waals surface area contributed by atoms with Crippen LogP contribution in [0.1, 0.15) is 25.3 Å². The minimum absolute atomic E-state index is 0.0358. The van der Waals surface area contributed by atoms with Crippen molar-refractivity contribution in [2.24, 2.45) is 5.92 Å². The molecule has 0 radical (unpaired) electrons. The van der Waals surface area contributed by atoms with Gasteiger partial charge in [0.2, 0.25) is 0 Å². The van der Waals surface area contributed by atoms with E-state index in [4.69, 9.17) is 9.15 Å². The standard InChI is InChI=1S/C28H27NO3/c1-28(21-11-6-3-7-12-21,22-13-8-16-29-18-22)32-23-14-15-24-26(17-23)31-19-25(27(24)30)20-9-4-2-5-10-20/h2-7,9-12,14-15,17,19,22,29H,8,13,16,18H2,1H3. The second kappa shape index (κ2) is 8.64. The molecule has 162 valence electrons. The van der Waals surface area contributed by atoms with Gasteiger partial charge in [-0.25, -0.2) is 0 Å². The lowest BCUT2D eigenvalue weighted by Crippen LogP contribution is -2.46. The van der Waals surface area contributed by atoms with E-state index in [-0.39, 0.29) is 5.43 Å². The van der Waals surface area contributed by atoms with E-state index in [1.807, 2.05) is 54.6 Å². The van der Waals surface area contributed by atoms with E-state index in [1.165, 1.54) is 0 Å². The molecule has 0 bridgehead atoms. The van der Waals surface area contributed by atoms with Crippen LogP contribution in [0.4, 0.5) is 0 Å². The minimum Gasteiger partial charge on any atom is -0.482 e. The summed E-state index contributed by atoms with van der Waals surface area (Å²) in [6.07, 6.45) is 3.78. The molecule has 2 atom stereocenters. The molecule has 0 aliphatic carbocycles. The van der Waals surface area contributed by atoms with Gasteiger partial charge in [0.15, 0.2) is 5.43 Å². The third-order valence-corrected chi connectivity index (χ3v) is 6.58. The van der Waals surface area contributed by atoms with Crippen molar-refractivity contribution in [2.75, 3.05) is 13.1 Å². The van der Waals surface area contributed by atoms with Crippen molar-refractivity contribution in [1.29, 1.82) is 0 Å². The second-order valence-corrected chi connectivity index (χ2v) is 8.62. The zero-order valence-electron chi connectivity index (χ0n) is 18.2. The molecular formula is C28H27NO3. The van der Waals surface area contributed by atoms with Crippen molar-refractivity contribution in [1.82, 2.24) is 5.32 Å². The van der Waals surface area contributed by atoms with Gasteiger partial charge < -0.3 is 14.5 Å². The van der Waals surface area contributed by atoms with E-state index in [9.17, 15) is 4.79 Å². The lowest BCUT2D eigenvalue weighted by atomic mass is 9.78. The van der Waals surface area contributed by atoms with E-state index >= 15 is 0 Å². The van der Waals surface area contributed by atoms with E-state index in [0.717, 1.165) is 37.1 Å². The van der Waals surface area contributed by atoms with Crippen molar-refractivity contribution in [3.63, 3.8) is 0 Å². The molecule has 4 nitrogen and oxygen atoms in total. The molecule has 1 aliphatic rings. The number of hydrogen-bond donors (Lipinski definition) is 1. The van der Waals surface area contributed by atoms with Gasteiger partial charge in [-0.3, -0.25) is 4.79 Å². The Morgan fingerprint density at radius 2 is 1.75 bits per heavy atom. The van der Waals surface area contributed by atoms with Crippen molar-refractivity contribution < 1.29 is 9.15 Å². The van der Waals surface area contributed by atoms with Crippen LogP contribution < -0.4 is 15.5 Å². The average molecular weight is 426 g/mol. The number of ether oxygens (including phenoxy) is 1. The van der Waals surface area contributed by atoms with Gasteiger partial charge in [0, 0.05) is 18.5 Å². The van der Waals surface area contributed by atoms with Crippen LogP contribution in [0.2, 0.25) is 0 Å². The molecule has 5 rings (SSSR count). The predicted octanol–water partition coefficient (Wildman–Crippen LogP) is 5.75. The predicted molar refractivity (Wildman–Crippen MR) is 128 cm³/mol. The fourth-order valence-electron chi connectivity index (χ4n) is 4.70. The summed E-state index contributed by atoms with van der Waals surface area (Å²) in [5, 5.41) is 4.07. The summed E-state index contributed by atoms with van der Waals surface area (Å²) >= 11 is 0. The van der Waals surface area contributed by atoms with Gasteiger partial charge in [-0.05, 0) is 49.6 Å². The number of benzene rings is 3. The third-order valence-electron chi connectivity index (χ3n) is 6.58. The largest absolute Gasteiger partial charge is 0.482 e. The first kappa shape index (κ1) is 20.5. The summed E-state index contributed by atoms with van der Waals surface area (Å²) < 4.78 is 12.6. The zero-order chi connectivity index (χ0) is 22.0. The maximum Gasteiger partial charge on any atom is 0.200 e. The van der Waals surface area contributed by atoms with E-state index in [2.05, 4.69) is 36.5 Å². The van der Waals surface area contributed by atoms with Gasteiger partial charge in [0.05, 0.1) is 10.9 Å². The van der Waals surface area contributed by atoms with E-state index in [0.29, 0.717) is 28.2 Å². The summed E-state index contributed by atoms with van der Waals surface area (Å²) in [5.74, 6) is 1.03. The van der Waals surface area contributed by atoms with Crippen LogP contribution in [-0.2, 0) is 5.60 Å². The first-order chi connectivity index (χ1) is 15.6. The van der Waals surface area contributed by atoms with Crippen LogP contribution in [0.25, 0.3) is 22.1 Å². The highest BCUT2D eigenvalue weighted by Gasteiger charge is 2.39. The van der Waals surface area contributed by atoms with Crippen molar-refractivity contribution in [3.05, 3.63) is 101 Å². The molecule has 1 fully saturated rings. The Morgan fingerprint density at radius 3 is 2.47 bits per heavy atom. The Labute approximate surface area is 187 Å². The summed E-state index contributed by atoms with van der Waals surface area (Å²) in [5.41, 5.74) is 2.57. The van der Waals surface area contributed by atoms with Crippen molar-refractivity contribution >= 4 is 11.0 Å². The summed E-state index contributed by atoms with van der Waals surface area (Å²) in [7, 11) is 0. The maximum absolute atomic E-state index is 13.1. The Kier molecular flexibility index (Phi) is 5.54. The molecule has 4 aromatic rings. The Balaban J connectivity index is 1.52. The van der Waals surface area contributed by atoms with Crippen LogP contribution in [0.5, 0.6) is 5.75 Å². The van der Waals surface area contributed by atoms with Gasteiger partial charge in [-0.2, -0.15) is 0 Å². The van der Waals surface area contributed by atoms with Crippen LogP contribution in [-0.4, -0.2) is 13.1 Å². The van der Waals surface area contributed by atoms with Crippen LogP contribution >= 0.6 is 0 Å². The summed E-state index contributed by atoms with van der Waals surface area (Å²) in [4.78, 5) is 13.1. The first-order valence-electron chi connectivity index (χ1n) is 11.2. The first-order valence-corrected chi connectivity index (χ1v) is 11.2. The molecule has 1 aromatic heterocycles. The molecule has 3 aromatic carbocycles. The molecule has 1 saturated heterocycles. The average Bonchev–Trinajstić information content (AvgIpc) is 2.86. The zero-order valence-corrected chi connectivity index (χ0v) is 18.2. The molecule has 32 heavy (non-hydrogen) atoms. The Morgan fingerprint density at radius 1 is 1.00 bits per heavy atom. The lowest BCUT2D eigenvalue weighted by Gasteiger charge is -2.40. The fourth-order valence-corrected chi connectivity index (χ4v) is 4.70. The summed E-state index contributed by atoms with van der Waals surface area (Å²) in [6, 6.07) is 25.5. The molecule has 1 N–H and O–H groups in total. The van der Waals surface area contributed by atoms with Crippen LogP contribution in [0.15, 0.2) is 94.3 Å². The quantitative estimate of drug-likeness (QED) is 0.442. The normalized spacial score (nSPS) is 18.2. The summed E-state index contributed by atoms with van der Waals surface area (Å²) in [6.45, 7) is 4.12. The molecule has 0 amide bonds. The third kappa shape index (κ3) is 3.82. The molecule has 0 saturated carbocycles. The van der Waals surface area contributed by atoms with Crippen LogP contribution in [0, 0.1) is 5.92 Å². The van der Waals surface area contributed by atoms with Gasteiger partial charge >= 0.3 is 0 Å². The molecule has 0 spiro atoms. The Bertz CT molecular complexity index is 1260. The van der Waals surface area contributed by atoms with Crippen molar-refractivity contribution in [3.8, 4) is 16.9 Å². The fraction of sp³-hybridized carbons (Fsp3) is 0.250. The van der Waals surface area contributed by atoms with Crippen LogP contribution in [0.3, 0.4) is 0 Å².